The molecule has 2 aromatic carbocycles. The first kappa shape index (κ1) is 21.0. The van der Waals surface area contributed by atoms with Gasteiger partial charge < -0.3 is 4.57 Å². The normalized spacial score (nSPS) is 15.9. The smallest absolute Gasteiger partial charge is 0.293 e. The maximum atomic E-state index is 12.9. The van der Waals surface area contributed by atoms with Crippen molar-refractivity contribution in [3.63, 3.8) is 0 Å². The molecule has 4 nitrogen and oxygen atoms in total. The molecule has 0 unspecified atom stereocenters. The fraction of sp³-hybridized carbons (Fsp3) is 0.217. The van der Waals surface area contributed by atoms with Gasteiger partial charge in [-0.3, -0.25) is 14.5 Å². The van der Waals surface area contributed by atoms with Gasteiger partial charge in [-0.2, -0.15) is 0 Å². The molecule has 0 aliphatic carbocycles. The van der Waals surface area contributed by atoms with E-state index in [-0.39, 0.29) is 17.7 Å². The molecule has 7 heteroatoms. The third-order valence-electron chi connectivity index (χ3n) is 4.87. The Morgan fingerprint density at radius 2 is 1.83 bits per heavy atom. The first-order valence-electron chi connectivity index (χ1n) is 9.60. The quantitative estimate of drug-likeness (QED) is 0.392. The van der Waals surface area contributed by atoms with Crippen molar-refractivity contribution in [1.29, 1.82) is 0 Å². The number of benzene rings is 2. The van der Waals surface area contributed by atoms with Gasteiger partial charge in [-0.05, 0) is 47.5 Å². The molecule has 2 heterocycles. The predicted octanol–water partition coefficient (Wildman–Crippen LogP) is 6.84. The molecule has 0 bridgehead atoms. The number of nitrogens with zero attached hydrogens (tertiary/aromatic N) is 2. The Bertz CT molecular complexity index is 1180. The van der Waals surface area contributed by atoms with Crippen LogP contribution in [0.25, 0.3) is 17.0 Å². The lowest BCUT2D eigenvalue weighted by Gasteiger charge is -2.12. The van der Waals surface area contributed by atoms with Gasteiger partial charge in [0.2, 0.25) is 0 Å². The van der Waals surface area contributed by atoms with E-state index in [1.54, 1.807) is 18.2 Å². The van der Waals surface area contributed by atoms with E-state index in [4.69, 9.17) is 23.2 Å². The minimum atomic E-state index is -0.295. The summed E-state index contributed by atoms with van der Waals surface area (Å²) in [6.45, 7) is 5.38. The summed E-state index contributed by atoms with van der Waals surface area (Å²) in [5, 5.41) is 1.61. The SMILES string of the molecule is CC(C)Cn1cc(/C=C2\SC(=O)N(Cc3ccc(Cl)c(Cl)c3)C2=O)c2ccccc21. The van der Waals surface area contributed by atoms with Crippen LogP contribution in [-0.4, -0.2) is 20.6 Å². The molecule has 3 aromatic rings. The van der Waals surface area contributed by atoms with Crippen LogP contribution in [0.1, 0.15) is 25.0 Å². The molecule has 1 aromatic heterocycles. The zero-order valence-electron chi connectivity index (χ0n) is 16.6. The molecule has 0 spiro atoms. The Kier molecular flexibility index (Phi) is 5.96. The number of imide groups is 1. The number of rotatable bonds is 5. The van der Waals surface area contributed by atoms with Crippen molar-refractivity contribution in [3.8, 4) is 0 Å². The molecule has 1 fully saturated rings. The van der Waals surface area contributed by atoms with Crippen molar-refractivity contribution in [2.24, 2.45) is 5.92 Å². The summed E-state index contributed by atoms with van der Waals surface area (Å²) in [6, 6.07) is 13.2. The summed E-state index contributed by atoms with van der Waals surface area (Å²) in [5.41, 5.74) is 2.81. The van der Waals surface area contributed by atoms with Crippen LogP contribution in [0.5, 0.6) is 0 Å². The summed E-state index contributed by atoms with van der Waals surface area (Å²) in [4.78, 5) is 27.1. The van der Waals surface area contributed by atoms with Crippen molar-refractivity contribution in [3.05, 3.63) is 74.7 Å². The number of aromatic nitrogens is 1. The number of fused-ring (bicyclic) bond motifs is 1. The van der Waals surface area contributed by atoms with Gasteiger partial charge in [-0.1, -0.05) is 61.3 Å². The molecule has 1 aliphatic rings. The summed E-state index contributed by atoms with van der Waals surface area (Å²) in [7, 11) is 0. The van der Waals surface area contributed by atoms with Crippen molar-refractivity contribution in [1.82, 2.24) is 9.47 Å². The van der Waals surface area contributed by atoms with Crippen LogP contribution in [0, 0.1) is 5.92 Å². The first-order valence-corrected chi connectivity index (χ1v) is 11.2. The standard InChI is InChI=1S/C23H20Cl2N2O2S/c1-14(2)11-26-13-16(17-5-3-4-6-20(17)26)10-21-22(28)27(23(29)30-21)12-15-7-8-18(24)19(25)9-15/h3-10,13-14H,11-12H2,1-2H3/b21-10-. The summed E-state index contributed by atoms with van der Waals surface area (Å²) < 4.78 is 2.20. The van der Waals surface area contributed by atoms with Gasteiger partial charge in [0, 0.05) is 29.2 Å². The van der Waals surface area contributed by atoms with Crippen molar-refractivity contribution < 1.29 is 9.59 Å². The van der Waals surface area contributed by atoms with Crippen molar-refractivity contribution >= 4 is 63.1 Å². The minimum absolute atomic E-state index is 0.161. The number of thioether (sulfide) groups is 1. The van der Waals surface area contributed by atoms with Gasteiger partial charge in [0.25, 0.3) is 11.1 Å². The predicted molar refractivity (Wildman–Crippen MR) is 125 cm³/mol. The van der Waals surface area contributed by atoms with E-state index in [1.807, 2.05) is 24.3 Å². The molecule has 0 saturated carbocycles. The molecule has 0 atom stereocenters. The molecule has 4 rings (SSSR count). The molecule has 1 saturated heterocycles. The highest BCUT2D eigenvalue weighted by molar-refractivity contribution is 8.18. The molecule has 154 valence electrons. The molecule has 1 aliphatic heterocycles. The number of carbonyl (C=O) groups is 2. The van der Waals surface area contributed by atoms with Crippen LogP contribution in [0.2, 0.25) is 10.0 Å². The van der Waals surface area contributed by atoms with Gasteiger partial charge >= 0.3 is 0 Å². The number of hydrogen-bond donors (Lipinski definition) is 0. The van der Waals surface area contributed by atoms with E-state index in [0.29, 0.717) is 20.9 Å². The molecule has 0 N–H and O–H groups in total. The van der Waals surface area contributed by atoms with Gasteiger partial charge in [-0.25, -0.2) is 0 Å². The van der Waals surface area contributed by atoms with E-state index < -0.39 is 0 Å². The fourth-order valence-corrected chi connectivity index (χ4v) is 4.68. The lowest BCUT2D eigenvalue weighted by molar-refractivity contribution is -0.123. The number of hydrogen-bond acceptors (Lipinski definition) is 3. The largest absolute Gasteiger partial charge is 0.347 e. The monoisotopic (exact) mass is 458 g/mol. The maximum absolute atomic E-state index is 12.9. The summed E-state index contributed by atoms with van der Waals surface area (Å²) in [6.07, 6.45) is 3.87. The van der Waals surface area contributed by atoms with E-state index in [9.17, 15) is 9.59 Å². The maximum Gasteiger partial charge on any atom is 0.293 e. The van der Waals surface area contributed by atoms with E-state index in [0.717, 1.165) is 40.3 Å². The molecule has 30 heavy (non-hydrogen) atoms. The lowest BCUT2D eigenvalue weighted by atomic mass is 10.1. The Hall–Kier alpha value is -2.21. The van der Waals surface area contributed by atoms with Crippen molar-refractivity contribution in [2.45, 2.75) is 26.9 Å². The van der Waals surface area contributed by atoms with Crippen LogP contribution in [0.15, 0.2) is 53.6 Å². The van der Waals surface area contributed by atoms with Gasteiger partial charge in [0.1, 0.15) is 0 Å². The third-order valence-corrected chi connectivity index (χ3v) is 6.51. The van der Waals surface area contributed by atoms with E-state index >= 15 is 0 Å². The second-order valence-electron chi connectivity index (χ2n) is 7.66. The number of carbonyl (C=O) groups excluding carboxylic acids is 2. The Balaban J connectivity index is 1.64. The van der Waals surface area contributed by atoms with E-state index in [2.05, 4.69) is 30.7 Å². The average Bonchev–Trinajstić information content (AvgIpc) is 3.17. The van der Waals surface area contributed by atoms with Gasteiger partial charge in [0.05, 0.1) is 21.5 Å². The Labute approximate surface area is 189 Å². The fourth-order valence-electron chi connectivity index (χ4n) is 3.53. The third kappa shape index (κ3) is 4.15. The highest BCUT2D eigenvalue weighted by Crippen LogP contribution is 2.35. The summed E-state index contributed by atoms with van der Waals surface area (Å²) in [5.74, 6) is 0.198. The number of para-hydroxylation sites is 1. The Morgan fingerprint density at radius 1 is 1.07 bits per heavy atom. The summed E-state index contributed by atoms with van der Waals surface area (Å²) >= 11 is 13.0. The molecule has 0 radical (unpaired) electrons. The zero-order chi connectivity index (χ0) is 21.4. The second kappa shape index (κ2) is 8.50. The average molecular weight is 459 g/mol. The van der Waals surface area contributed by atoms with Gasteiger partial charge in [-0.15, -0.1) is 0 Å². The van der Waals surface area contributed by atoms with Gasteiger partial charge in [0.15, 0.2) is 0 Å². The van der Waals surface area contributed by atoms with Crippen LogP contribution < -0.4 is 0 Å². The number of amides is 2. The molecule has 2 amide bonds. The Morgan fingerprint density at radius 3 is 2.57 bits per heavy atom. The van der Waals surface area contributed by atoms with Crippen molar-refractivity contribution in [2.75, 3.05) is 0 Å². The highest BCUT2D eigenvalue weighted by atomic mass is 35.5. The lowest BCUT2D eigenvalue weighted by Crippen LogP contribution is -2.27. The van der Waals surface area contributed by atoms with Crippen LogP contribution in [0.3, 0.4) is 0 Å². The number of halogens is 2. The van der Waals surface area contributed by atoms with Crippen LogP contribution in [-0.2, 0) is 17.9 Å². The second-order valence-corrected chi connectivity index (χ2v) is 9.47. The minimum Gasteiger partial charge on any atom is -0.347 e. The highest BCUT2D eigenvalue weighted by Gasteiger charge is 2.35. The van der Waals surface area contributed by atoms with E-state index in [1.165, 1.54) is 4.90 Å². The first-order chi connectivity index (χ1) is 14.3. The zero-order valence-corrected chi connectivity index (χ0v) is 18.9. The topological polar surface area (TPSA) is 42.3 Å². The molecular weight excluding hydrogens is 439 g/mol. The molecular formula is C23H20Cl2N2O2S. The van der Waals surface area contributed by atoms with Crippen LogP contribution >= 0.6 is 35.0 Å². The van der Waals surface area contributed by atoms with Crippen LogP contribution in [0.4, 0.5) is 4.79 Å².